The Morgan fingerprint density at radius 2 is 2.22 bits per heavy atom. The number of halogens is 3. The number of esters is 1. The van der Waals surface area contributed by atoms with Gasteiger partial charge in [0.2, 0.25) is 0 Å². The Bertz CT molecular complexity index is 589. The van der Waals surface area contributed by atoms with Gasteiger partial charge in [0.15, 0.2) is 5.69 Å². The quantitative estimate of drug-likeness (QED) is 0.777. The van der Waals surface area contributed by atoms with E-state index in [2.05, 4.69) is 4.98 Å². The normalized spacial score (nSPS) is 11.8. The van der Waals surface area contributed by atoms with Gasteiger partial charge in [-0.25, -0.2) is 9.78 Å². The molecule has 0 unspecified atom stereocenters. The molecular weight excluding hydrogens is 249 g/mol. The zero-order valence-electron chi connectivity index (χ0n) is 9.36. The zero-order valence-corrected chi connectivity index (χ0v) is 9.36. The van der Waals surface area contributed by atoms with Crippen molar-refractivity contribution in [2.24, 2.45) is 0 Å². The fourth-order valence-corrected chi connectivity index (χ4v) is 1.51. The lowest BCUT2D eigenvalue weighted by atomic mass is 10.2. The number of aromatic nitrogens is 2. The number of pyridine rings is 1. The highest BCUT2D eigenvalue weighted by Crippen LogP contribution is 2.29. The number of carbonyl (C=O) groups excluding carboxylic acids is 1. The summed E-state index contributed by atoms with van der Waals surface area (Å²) in [6.45, 7) is 1.83. The van der Waals surface area contributed by atoms with Gasteiger partial charge in [-0.15, -0.1) is 0 Å². The minimum Gasteiger partial charge on any atom is -0.461 e. The molecule has 0 fully saturated rings. The molecule has 4 nitrogen and oxygen atoms in total. The van der Waals surface area contributed by atoms with Crippen molar-refractivity contribution in [1.82, 2.24) is 9.38 Å². The number of fused-ring (bicyclic) bond motifs is 1. The maximum Gasteiger partial charge on any atom is 0.416 e. The van der Waals surface area contributed by atoms with Gasteiger partial charge < -0.3 is 4.74 Å². The van der Waals surface area contributed by atoms with Crippen LogP contribution in [-0.4, -0.2) is 22.0 Å². The summed E-state index contributed by atoms with van der Waals surface area (Å²) in [5.74, 6) is -0.621. The van der Waals surface area contributed by atoms with Crippen LogP contribution in [0.1, 0.15) is 23.0 Å². The molecule has 2 aromatic heterocycles. The Balaban J connectivity index is 2.47. The molecule has 0 saturated carbocycles. The monoisotopic (exact) mass is 258 g/mol. The largest absolute Gasteiger partial charge is 0.461 e. The second-order valence-corrected chi connectivity index (χ2v) is 3.51. The summed E-state index contributed by atoms with van der Waals surface area (Å²) >= 11 is 0. The Kier molecular flexibility index (Phi) is 2.98. The van der Waals surface area contributed by atoms with Gasteiger partial charge in [-0.3, -0.25) is 4.40 Å². The van der Waals surface area contributed by atoms with Crippen LogP contribution in [0.3, 0.4) is 0 Å². The molecule has 0 bridgehead atoms. The lowest BCUT2D eigenvalue weighted by molar-refractivity contribution is -0.137. The number of hydrogen-bond acceptors (Lipinski definition) is 3. The van der Waals surface area contributed by atoms with E-state index in [1.807, 2.05) is 0 Å². The maximum atomic E-state index is 12.5. The summed E-state index contributed by atoms with van der Waals surface area (Å²) in [6, 6.07) is 1.76. The van der Waals surface area contributed by atoms with E-state index in [-0.39, 0.29) is 17.9 Å². The van der Waals surface area contributed by atoms with Gasteiger partial charge in [0, 0.05) is 6.20 Å². The van der Waals surface area contributed by atoms with Gasteiger partial charge in [-0.2, -0.15) is 13.2 Å². The molecule has 0 N–H and O–H groups in total. The second kappa shape index (κ2) is 4.32. The van der Waals surface area contributed by atoms with E-state index in [9.17, 15) is 18.0 Å². The van der Waals surface area contributed by atoms with Crippen molar-refractivity contribution >= 4 is 11.6 Å². The first-order chi connectivity index (χ1) is 8.43. The average molecular weight is 258 g/mol. The molecule has 0 aliphatic carbocycles. The molecule has 0 aliphatic heterocycles. The van der Waals surface area contributed by atoms with Crippen molar-refractivity contribution < 1.29 is 22.7 Å². The van der Waals surface area contributed by atoms with Crippen molar-refractivity contribution in [2.45, 2.75) is 13.1 Å². The van der Waals surface area contributed by atoms with Gasteiger partial charge in [0.05, 0.1) is 18.4 Å². The Labute approximate surface area is 100 Å². The van der Waals surface area contributed by atoms with Crippen molar-refractivity contribution in [1.29, 1.82) is 0 Å². The number of rotatable bonds is 2. The highest BCUT2D eigenvalue weighted by molar-refractivity contribution is 5.88. The Hall–Kier alpha value is -2.05. The minimum atomic E-state index is -4.43. The third-order valence-corrected chi connectivity index (χ3v) is 2.33. The maximum absolute atomic E-state index is 12.5. The van der Waals surface area contributed by atoms with Crippen LogP contribution in [0.5, 0.6) is 0 Å². The number of hydrogen-bond donors (Lipinski definition) is 0. The van der Waals surface area contributed by atoms with Crippen LogP contribution in [0.2, 0.25) is 0 Å². The third-order valence-electron chi connectivity index (χ3n) is 2.33. The van der Waals surface area contributed by atoms with E-state index in [0.717, 1.165) is 18.3 Å². The van der Waals surface area contributed by atoms with E-state index in [1.165, 1.54) is 10.6 Å². The van der Waals surface area contributed by atoms with Crippen LogP contribution in [0.4, 0.5) is 13.2 Å². The predicted octanol–water partition coefficient (Wildman–Crippen LogP) is 2.53. The Morgan fingerprint density at radius 3 is 2.83 bits per heavy atom. The van der Waals surface area contributed by atoms with Crippen LogP contribution < -0.4 is 0 Å². The van der Waals surface area contributed by atoms with E-state index in [0.29, 0.717) is 0 Å². The van der Waals surface area contributed by atoms with Crippen LogP contribution >= 0.6 is 0 Å². The summed E-state index contributed by atoms with van der Waals surface area (Å²) in [5.41, 5.74) is -0.663. The fraction of sp³-hybridized carbons (Fsp3) is 0.273. The molecule has 2 aromatic rings. The summed E-state index contributed by atoms with van der Waals surface area (Å²) in [7, 11) is 0. The third kappa shape index (κ3) is 2.15. The lowest BCUT2D eigenvalue weighted by Crippen LogP contribution is -2.09. The topological polar surface area (TPSA) is 43.6 Å². The molecule has 0 atom stereocenters. The summed E-state index contributed by atoms with van der Waals surface area (Å²) in [5, 5.41) is 0. The van der Waals surface area contributed by atoms with E-state index < -0.39 is 17.7 Å². The molecular formula is C11H9F3N2O2. The smallest absolute Gasteiger partial charge is 0.416 e. The molecule has 0 spiro atoms. The molecule has 0 saturated heterocycles. The number of ether oxygens (including phenoxy) is 1. The first kappa shape index (κ1) is 12.4. The molecule has 96 valence electrons. The second-order valence-electron chi connectivity index (χ2n) is 3.51. The van der Waals surface area contributed by atoms with Gasteiger partial charge in [-0.1, -0.05) is 0 Å². The lowest BCUT2D eigenvalue weighted by Gasteiger charge is -2.07. The van der Waals surface area contributed by atoms with Crippen LogP contribution in [-0.2, 0) is 10.9 Å². The summed E-state index contributed by atoms with van der Waals surface area (Å²) in [6.07, 6.45) is -2.09. The van der Waals surface area contributed by atoms with Crippen molar-refractivity contribution in [3.05, 3.63) is 35.8 Å². The van der Waals surface area contributed by atoms with Crippen molar-refractivity contribution in [3.8, 4) is 0 Å². The first-order valence-corrected chi connectivity index (χ1v) is 5.15. The molecule has 0 amide bonds. The first-order valence-electron chi connectivity index (χ1n) is 5.15. The minimum absolute atomic E-state index is 0.0490. The predicted molar refractivity (Wildman–Crippen MR) is 56.2 cm³/mol. The molecule has 0 aromatic carbocycles. The molecule has 18 heavy (non-hydrogen) atoms. The molecule has 0 aliphatic rings. The SMILES string of the molecule is CCOC(=O)c1cnc2cc(C(F)(F)F)ccn12. The van der Waals surface area contributed by atoms with Crippen LogP contribution in [0.15, 0.2) is 24.5 Å². The molecule has 7 heteroatoms. The number of nitrogens with zero attached hydrogens (tertiary/aromatic N) is 2. The van der Waals surface area contributed by atoms with Crippen molar-refractivity contribution in [3.63, 3.8) is 0 Å². The average Bonchev–Trinajstić information content (AvgIpc) is 2.70. The highest BCUT2D eigenvalue weighted by atomic mass is 19.4. The molecule has 2 rings (SSSR count). The van der Waals surface area contributed by atoms with Gasteiger partial charge in [0.25, 0.3) is 0 Å². The van der Waals surface area contributed by atoms with E-state index in [4.69, 9.17) is 4.74 Å². The van der Waals surface area contributed by atoms with E-state index >= 15 is 0 Å². The molecule has 2 heterocycles. The van der Waals surface area contributed by atoms with E-state index in [1.54, 1.807) is 6.92 Å². The standard InChI is InChI=1S/C11H9F3N2O2/c1-2-18-10(17)8-6-15-9-5-7(11(12,13)14)3-4-16(8)9/h3-6H,2H2,1H3. The fourth-order valence-electron chi connectivity index (χ4n) is 1.51. The summed E-state index contributed by atoms with van der Waals surface area (Å²) in [4.78, 5) is 15.3. The number of carbonyl (C=O) groups is 1. The van der Waals surface area contributed by atoms with Crippen LogP contribution in [0.25, 0.3) is 5.65 Å². The number of imidazole rings is 1. The Morgan fingerprint density at radius 1 is 1.50 bits per heavy atom. The van der Waals surface area contributed by atoms with Gasteiger partial charge in [0.1, 0.15) is 5.65 Å². The molecule has 0 radical (unpaired) electrons. The van der Waals surface area contributed by atoms with Gasteiger partial charge >= 0.3 is 12.1 Å². The van der Waals surface area contributed by atoms with Gasteiger partial charge in [-0.05, 0) is 19.1 Å². The number of alkyl halides is 3. The summed E-state index contributed by atoms with van der Waals surface area (Å²) < 4.78 is 43.4. The van der Waals surface area contributed by atoms with Crippen molar-refractivity contribution in [2.75, 3.05) is 6.61 Å². The highest BCUT2D eigenvalue weighted by Gasteiger charge is 2.31. The van der Waals surface area contributed by atoms with Crippen LogP contribution in [0, 0.1) is 0 Å². The zero-order chi connectivity index (χ0) is 13.3.